The molecule has 0 spiro atoms. The summed E-state index contributed by atoms with van der Waals surface area (Å²) in [5.74, 6) is -0.440. The van der Waals surface area contributed by atoms with Crippen LogP contribution in [-0.2, 0) is 6.54 Å². The molecule has 2 rings (SSSR count). The summed E-state index contributed by atoms with van der Waals surface area (Å²) in [5, 5.41) is 0. The number of primary amides is 1. The van der Waals surface area contributed by atoms with Crippen LogP contribution in [-0.4, -0.2) is 23.9 Å². The summed E-state index contributed by atoms with van der Waals surface area (Å²) >= 11 is 0. The molecule has 0 atom stereocenters. The van der Waals surface area contributed by atoms with E-state index in [2.05, 4.69) is 17.9 Å². The molecule has 0 saturated carbocycles. The number of hydrogen-bond donors (Lipinski definition) is 2. The zero-order chi connectivity index (χ0) is 13.1. The Balaban J connectivity index is 2.08. The van der Waals surface area contributed by atoms with Crippen LogP contribution in [0.2, 0.25) is 0 Å². The van der Waals surface area contributed by atoms with Gasteiger partial charge in [0, 0.05) is 30.9 Å². The Labute approximate surface area is 107 Å². The Bertz CT molecular complexity index is 494. The maximum Gasteiger partial charge on any atom is 0.248 e. The second-order valence-corrected chi connectivity index (χ2v) is 4.81. The first-order chi connectivity index (χ1) is 8.56. The number of nitrogen functional groups attached to an aromatic ring is 1. The van der Waals surface area contributed by atoms with E-state index in [9.17, 15) is 4.79 Å². The number of nitrogens with two attached hydrogens (primary N) is 2. The van der Waals surface area contributed by atoms with Crippen LogP contribution in [0, 0.1) is 0 Å². The van der Waals surface area contributed by atoms with Crippen molar-refractivity contribution in [2.45, 2.75) is 19.9 Å². The Kier molecular flexibility index (Phi) is 3.67. The molecule has 96 valence electrons. The van der Waals surface area contributed by atoms with Gasteiger partial charge in [-0.05, 0) is 31.0 Å². The van der Waals surface area contributed by atoms with Crippen LogP contribution in [0.3, 0.4) is 0 Å². The molecular weight excluding hydrogens is 226 g/mol. The van der Waals surface area contributed by atoms with Gasteiger partial charge >= 0.3 is 0 Å². The highest BCUT2D eigenvalue weighted by molar-refractivity contribution is 5.93. The molecule has 1 heterocycles. The quantitative estimate of drug-likeness (QED) is 0.626. The lowest BCUT2D eigenvalue weighted by Gasteiger charge is -2.25. The number of nitrogens with zero attached hydrogens (tertiary/aromatic N) is 1. The fraction of sp³-hybridized carbons (Fsp3) is 0.357. The van der Waals surface area contributed by atoms with Crippen molar-refractivity contribution in [3.8, 4) is 0 Å². The maximum atomic E-state index is 11.0. The van der Waals surface area contributed by atoms with E-state index in [-0.39, 0.29) is 0 Å². The van der Waals surface area contributed by atoms with Gasteiger partial charge in [0.2, 0.25) is 5.91 Å². The van der Waals surface area contributed by atoms with Gasteiger partial charge in [-0.15, -0.1) is 0 Å². The molecule has 0 aromatic heterocycles. The number of rotatable bonds is 3. The van der Waals surface area contributed by atoms with E-state index in [0.29, 0.717) is 11.3 Å². The Morgan fingerprint density at radius 3 is 2.78 bits per heavy atom. The van der Waals surface area contributed by atoms with Gasteiger partial charge in [-0.2, -0.15) is 0 Å². The van der Waals surface area contributed by atoms with E-state index in [4.69, 9.17) is 11.5 Å². The van der Waals surface area contributed by atoms with Crippen LogP contribution < -0.4 is 11.5 Å². The molecule has 1 aliphatic rings. The summed E-state index contributed by atoms with van der Waals surface area (Å²) in [6, 6.07) is 5.28. The van der Waals surface area contributed by atoms with Crippen molar-refractivity contribution >= 4 is 11.6 Å². The lowest BCUT2D eigenvalue weighted by molar-refractivity contribution is 0.100. The Morgan fingerprint density at radius 2 is 2.22 bits per heavy atom. The fourth-order valence-electron chi connectivity index (χ4n) is 2.09. The second-order valence-electron chi connectivity index (χ2n) is 4.81. The van der Waals surface area contributed by atoms with Crippen molar-refractivity contribution in [2.75, 3.05) is 18.8 Å². The van der Waals surface area contributed by atoms with Gasteiger partial charge in [0.1, 0.15) is 0 Å². The third kappa shape index (κ3) is 2.90. The van der Waals surface area contributed by atoms with Gasteiger partial charge in [-0.1, -0.05) is 17.7 Å². The molecule has 0 unspecified atom stereocenters. The standard InChI is InChI=1S/C14H19N3O/c1-10-4-6-17(7-5-10)9-12-3-2-11(14(16)18)8-13(12)15/h2-4,8H,5-7,9,15H2,1H3,(H2,16,18). The van der Waals surface area contributed by atoms with Crippen LogP contribution in [0.1, 0.15) is 29.3 Å². The Hall–Kier alpha value is -1.81. The molecule has 1 aliphatic heterocycles. The van der Waals surface area contributed by atoms with Crippen LogP contribution in [0.25, 0.3) is 0 Å². The maximum absolute atomic E-state index is 11.0. The second kappa shape index (κ2) is 5.23. The van der Waals surface area contributed by atoms with Gasteiger partial charge in [-0.3, -0.25) is 9.69 Å². The number of hydrogen-bond acceptors (Lipinski definition) is 3. The molecular formula is C14H19N3O. The fourth-order valence-corrected chi connectivity index (χ4v) is 2.09. The van der Waals surface area contributed by atoms with E-state index in [0.717, 1.165) is 31.6 Å². The molecule has 4 N–H and O–H groups in total. The summed E-state index contributed by atoms with van der Waals surface area (Å²) in [4.78, 5) is 13.4. The monoisotopic (exact) mass is 245 g/mol. The van der Waals surface area contributed by atoms with E-state index in [1.54, 1.807) is 12.1 Å². The van der Waals surface area contributed by atoms with Crippen molar-refractivity contribution in [1.82, 2.24) is 4.90 Å². The average Bonchev–Trinajstić information content (AvgIpc) is 2.34. The number of carbonyl (C=O) groups excluding carboxylic acids is 1. The van der Waals surface area contributed by atoms with Crippen molar-refractivity contribution in [3.05, 3.63) is 41.0 Å². The topological polar surface area (TPSA) is 72.3 Å². The first kappa shape index (κ1) is 12.6. The van der Waals surface area contributed by atoms with Crippen molar-refractivity contribution in [1.29, 1.82) is 0 Å². The predicted molar refractivity (Wildman–Crippen MR) is 73.0 cm³/mol. The third-order valence-corrected chi connectivity index (χ3v) is 3.34. The summed E-state index contributed by atoms with van der Waals surface area (Å²) in [7, 11) is 0. The van der Waals surface area contributed by atoms with Gasteiger partial charge < -0.3 is 11.5 Å². The molecule has 18 heavy (non-hydrogen) atoms. The molecule has 4 nitrogen and oxygen atoms in total. The van der Waals surface area contributed by atoms with Crippen LogP contribution in [0.4, 0.5) is 5.69 Å². The minimum Gasteiger partial charge on any atom is -0.398 e. The Morgan fingerprint density at radius 1 is 1.44 bits per heavy atom. The molecule has 1 amide bonds. The minimum atomic E-state index is -0.440. The summed E-state index contributed by atoms with van der Waals surface area (Å²) < 4.78 is 0. The number of carbonyl (C=O) groups is 1. The summed E-state index contributed by atoms with van der Waals surface area (Å²) in [5.41, 5.74) is 14.8. The van der Waals surface area contributed by atoms with Crippen LogP contribution in [0.15, 0.2) is 29.8 Å². The molecule has 0 aliphatic carbocycles. The minimum absolute atomic E-state index is 0.440. The number of amides is 1. The normalized spacial score (nSPS) is 16.4. The lowest BCUT2D eigenvalue weighted by atomic mass is 10.1. The van der Waals surface area contributed by atoms with E-state index in [1.807, 2.05) is 6.07 Å². The molecule has 0 saturated heterocycles. The molecule has 1 aromatic rings. The number of benzene rings is 1. The van der Waals surface area contributed by atoms with E-state index in [1.165, 1.54) is 5.57 Å². The van der Waals surface area contributed by atoms with Crippen molar-refractivity contribution < 1.29 is 4.79 Å². The van der Waals surface area contributed by atoms with E-state index < -0.39 is 5.91 Å². The zero-order valence-electron chi connectivity index (χ0n) is 10.6. The van der Waals surface area contributed by atoms with Crippen LogP contribution >= 0.6 is 0 Å². The van der Waals surface area contributed by atoms with E-state index >= 15 is 0 Å². The average molecular weight is 245 g/mol. The van der Waals surface area contributed by atoms with Crippen molar-refractivity contribution in [2.24, 2.45) is 5.73 Å². The first-order valence-electron chi connectivity index (χ1n) is 6.12. The van der Waals surface area contributed by atoms with Gasteiger partial charge in [0.05, 0.1) is 0 Å². The van der Waals surface area contributed by atoms with Crippen molar-refractivity contribution in [3.63, 3.8) is 0 Å². The van der Waals surface area contributed by atoms with Gasteiger partial charge in [0.15, 0.2) is 0 Å². The first-order valence-corrected chi connectivity index (χ1v) is 6.12. The smallest absolute Gasteiger partial charge is 0.248 e. The molecule has 0 bridgehead atoms. The number of anilines is 1. The highest BCUT2D eigenvalue weighted by atomic mass is 16.1. The molecule has 0 fully saturated rings. The zero-order valence-corrected chi connectivity index (χ0v) is 10.6. The highest BCUT2D eigenvalue weighted by Gasteiger charge is 2.12. The summed E-state index contributed by atoms with van der Waals surface area (Å²) in [6.07, 6.45) is 3.36. The van der Waals surface area contributed by atoms with Gasteiger partial charge in [-0.25, -0.2) is 0 Å². The molecule has 4 heteroatoms. The summed E-state index contributed by atoms with van der Waals surface area (Å²) in [6.45, 7) is 4.99. The molecule has 1 aromatic carbocycles. The third-order valence-electron chi connectivity index (χ3n) is 3.34. The predicted octanol–water partition coefficient (Wildman–Crippen LogP) is 1.52. The SMILES string of the molecule is CC1=CCN(Cc2ccc(C(N)=O)cc2N)CC1. The largest absolute Gasteiger partial charge is 0.398 e. The van der Waals surface area contributed by atoms with Crippen LogP contribution in [0.5, 0.6) is 0 Å². The highest BCUT2D eigenvalue weighted by Crippen LogP contribution is 2.18. The molecule has 0 radical (unpaired) electrons. The van der Waals surface area contributed by atoms with Gasteiger partial charge in [0.25, 0.3) is 0 Å². The lowest BCUT2D eigenvalue weighted by Crippen LogP contribution is -2.28.